The molecule has 5 nitrogen and oxygen atoms in total. The summed E-state index contributed by atoms with van der Waals surface area (Å²) in [5.41, 5.74) is 2.47. The molecule has 1 aliphatic rings. The maximum Gasteiger partial charge on any atom is 0.347 e. The second-order valence-corrected chi connectivity index (χ2v) is 6.02. The standard InChI is InChI=1S/C21H20O5/c1-4-24-21(23)14(3)25-16-8-9-17-18(12-16)26-19(20(17)22)11-15-7-5-6-13(2)10-15/h5-12,14H,4H2,1-3H3/b19-11-. The Hall–Kier alpha value is -3.08. The number of carbonyl (C=O) groups excluding carboxylic acids is 2. The predicted octanol–water partition coefficient (Wildman–Crippen LogP) is 3.94. The topological polar surface area (TPSA) is 61.8 Å². The minimum Gasteiger partial charge on any atom is -0.479 e. The number of hydrogen-bond donors (Lipinski definition) is 0. The first-order valence-electron chi connectivity index (χ1n) is 8.46. The highest BCUT2D eigenvalue weighted by atomic mass is 16.6. The molecule has 2 aromatic carbocycles. The lowest BCUT2D eigenvalue weighted by atomic mass is 10.1. The van der Waals surface area contributed by atoms with Crippen LogP contribution in [0.5, 0.6) is 11.5 Å². The number of aryl methyl sites for hydroxylation is 1. The second kappa shape index (κ2) is 7.44. The molecule has 0 amide bonds. The van der Waals surface area contributed by atoms with Crippen LogP contribution in [0.15, 0.2) is 48.2 Å². The van der Waals surface area contributed by atoms with Gasteiger partial charge in [-0.3, -0.25) is 4.79 Å². The Morgan fingerprint density at radius 1 is 1.23 bits per heavy atom. The number of Topliss-reactive ketones (excluding diaryl/α,β-unsaturated/α-hetero) is 1. The quantitative estimate of drug-likeness (QED) is 0.602. The number of allylic oxidation sites excluding steroid dienone is 1. The Kier molecular flexibility index (Phi) is 5.07. The van der Waals surface area contributed by atoms with Crippen LogP contribution < -0.4 is 9.47 Å². The van der Waals surface area contributed by atoms with Gasteiger partial charge in [0.15, 0.2) is 11.9 Å². The van der Waals surface area contributed by atoms with E-state index in [1.54, 1.807) is 38.1 Å². The normalized spacial score (nSPS) is 15.3. The number of benzene rings is 2. The molecule has 0 radical (unpaired) electrons. The summed E-state index contributed by atoms with van der Waals surface area (Å²) < 4.78 is 16.2. The zero-order valence-electron chi connectivity index (χ0n) is 14.9. The van der Waals surface area contributed by atoms with Gasteiger partial charge in [-0.1, -0.05) is 29.8 Å². The van der Waals surface area contributed by atoms with Crippen LogP contribution in [0.2, 0.25) is 0 Å². The fourth-order valence-electron chi connectivity index (χ4n) is 2.66. The van der Waals surface area contributed by atoms with Crippen molar-refractivity contribution in [1.82, 2.24) is 0 Å². The van der Waals surface area contributed by atoms with Gasteiger partial charge < -0.3 is 14.2 Å². The third-order valence-corrected chi connectivity index (χ3v) is 3.91. The van der Waals surface area contributed by atoms with Crippen molar-refractivity contribution in [2.75, 3.05) is 6.61 Å². The summed E-state index contributed by atoms with van der Waals surface area (Å²) in [5.74, 6) is 0.508. The van der Waals surface area contributed by atoms with Crippen molar-refractivity contribution in [3.8, 4) is 11.5 Å². The first-order chi connectivity index (χ1) is 12.5. The van der Waals surface area contributed by atoms with Gasteiger partial charge in [0, 0.05) is 6.07 Å². The molecule has 0 spiro atoms. The van der Waals surface area contributed by atoms with E-state index < -0.39 is 12.1 Å². The van der Waals surface area contributed by atoms with Gasteiger partial charge in [0.25, 0.3) is 0 Å². The summed E-state index contributed by atoms with van der Waals surface area (Å²) in [5, 5.41) is 0. The molecular formula is C21H20O5. The number of ketones is 1. The van der Waals surface area contributed by atoms with Gasteiger partial charge in [-0.05, 0) is 44.5 Å². The van der Waals surface area contributed by atoms with Crippen molar-refractivity contribution in [3.05, 3.63) is 64.9 Å². The molecule has 1 unspecified atom stereocenters. The SMILES string of the molecule is CCOC(=O)C(C)Oc1ccc2c(c1)O/C(=C\c1cccc(C)c1)C2=O. The van der Waals surface area contributed by atoms with Crippen LogP contribution >= 0.6 is 0 Å². The van der Waals surface area contributed by atoms with Gasteiger partial charge in [-0.15, -0.1) is 0 Å². The lowest BCUT2D eigenvalue weighted by Gasteiger charge is -2.13. The van der Waals surface area contributed by atoms with Gasteiger partial charge in [0.05, 0.1) is 12.2 Å². The molecule has 5 heteroatoms. The molecule has 0 saturated heterocycles. The monoisotopic (exact) mass is 352 g/mol. The average Bonchev–Trinajstić information content (AvgIpc) is 2.90. The van der Waals surface area contributed by atoms with E-state index in [0.717, 1.165) is 11.1 Å². The summed E-state index contributed by atoms with van der Waals surface area (Å²) in [6, 6.07) is 12.7. The summed E-state index contributed by atoms with van der Waals surface area (Å²) in [6.07, 6.45) is 0.976. The Morgan fingerprint density at radius 3 is 2.77 bits per heavy atom. The summed E-state index contributed by atoms with van der Waals surface area (Å²) >= 11 is 0. The van der Waals surface area contributed by atoms with Crippen molar-refractivity contribution in [3.63, 3.8) is 0 Å². The first kappa shape index (κ1) is 17.7. The van der Waals surface area contributed by atoms with Crippen LogP contribution in [0.1, 0.15) is 35.3 Å². The lowest BCUT2D eigenvalue weighted by molar-refractivity contribution is -0.150. The third kappa shape index (κ3) is 3.77. The molecule has 1 aliphatic heterocycles. The van der Waals surface area contributed by atoms with E-state index in [2.05, 4.69) is 0 Å². The van der Waals surface area contributed by atoms with Crippen LogP contribution in [-0.4, -0.2) is 24.5 Å². The highest BCUT2D eigenvalue weighted by Gasteiger charge is 2.28. The smallest absolute Gasteiger partial charge is 0.347 e. The fraction of sp³-hybridized carbons (Fsp3) is 0.238. The number of ether oxygens (including phenoxy) is 3. The fourth-order valence-corrected chi connectivity index (χ4v) is 2.66. The molecule has 0 aliphatic carbocycles. The molecule has 0 N–H and O–H groups in total. The van der Waals surface area contributed by atoms with E-state index in [1.807, 2.05) is 31.2 Å². The van der Waals surface area contributed by atoms with Gasteiger partial charge in [-0.2, -0.15) is 0 Å². The largest absolute Gasteiger partial charge is 0.479 e. The summed E-state index contributed by atoms with van der Waals surface area (Å²) in [7, 11) is 0. The summed E-state index contributed by atoms with van der Waals surface area (Å²) in [6.45, 7) is 5.63. The maximum absolute atomic E-state index is 12.5. The third-order valence-electron chi connectivity index (χ3n) is 3.91. The molecule has 0 bridgehead atoms. The molecule has 3 rings (SSSR count). The van der Waals surface area contributed by atoms with E-state index >= 15 is 0 Å². The van der Waals surface area contributed by atoms with E-state index in [0.29, 0.717) is 23.7 Å². The number of carbonyl (C=O) groups is 2. The van der Waals surface area contributed by atoms with E-state index in [1.165, 1.54) is 0 Å². The number of fused-ring (bicyclic) bond motifs is 1. The van der Waals surface area contributed by atoms with Gasteiger partial charge in [0.2, 0.25) is 5.78 Å². The zero-order valence-corrected chi connectivity index (χ0v) is 14.9. The molecule has 0 fully saturated rings. The van der Waals surface area contributed by atoms with Crippen LogP contribution in [0.3, 0.4) is 0 Å². The number of hydrogen-bond acceptors (Lipinski definition) is 5. The summed E-state index contributed by atoms with van der Waals surface area (Å²) in [4.78, 5) is 24.2. The maximum atomic E-state index is 12.5. The molecular weight excluding hydrogens is 332 g/mol. The Balaban J connectivity index is 1.79. The average molecular weight is 352 g/mol. The van der Waals surface area contributed by atoms with Crippen molar-refractivity contribution in [2.24, 2.45) is 0 Å². The van der Waals surface area contributed by atoms with Crippen LogP contribution in [0.25, 0.3) is 6.08 Å². The highest BCUT2D eigenvalue weighted by molar-refractivity contribution is 6.14. The van der Waals surface area contributed by atoms with Gasteiger partial charge in [0.1, 0.15) is 11.5 Å². The van der Waals surface area contributed by atoms with Crippen molar-refractivity contribution >= 4 is 17.8 Å². The van der Waals surface area contributed by atoms with Crippen molar-refractivity contribution in [2.45, 2.75) is 26.9 Å². The van der Waals surface area contributed by atoms with Crippen LogP contribution in [0, 0.1) is 6.92 Å². The molecule has 2 aromatic rings. The minimum atomic E-state index is -0.743. The molecule has 1 atom stereocenters. The first-order valence-corrected chi connectivity index (χ1v) is 8.46. The minimum absolute atomic E-state index is 0.175. The van der Waals surface area contributed by atoms with E-state index in [9.17, 15) is 9.59 Å². The zero-order chi connectivity index (χ0) is 18.7. The van der Waals surface area contributed by atoms with Crippen molar-refractivity contribution in [1.29, 1.82) is 0 Å². The molecule has 134 valence electrons. The van der Waals surface area contributed by atoms with Crippen LogP contribution in [-0.2, 0) is 9.53 Å². The molecule has 26 heavy (non-hydrogen) atoms. The van der Waals surface area contributed by atoms with E-state index in [4.69, 9.17) is 14.2 Å². The second-order valence-electron chi connectivity index (χ2n) is 6.02. The number of esters is 1. The highest BCUT2D eigenvalue weighted by Crippen LogP contribution is 2.35. The van der Waals surface area contributed by atoms with E-state index in [-0.39, 0.29) is 11.5 Å². The molecule has 0 saturated carbocycles. The van der Waals surface area contributed by atoms with Crippen molar-refractivity contribution < 1.29 is 23.8 Å². The number of rotatable bonds is 5. The lowest BCUT2D eigenvalue weighted by Crippen LogP contribution is -2.26. The molecule has 1 heterocycles. The molecule has 0 aromatic heterocycles. The Morgan fingerprint density at radius 2 is 2.04 bits per heavy atom. The van der Waals surface area contributed by atoms with Gasteiger partial charge >= 0.3 is 5.97 Å². The van der Waals surface area contributed by atoms with Gasteiger partial charge in [-0.25, -0.2) is 4.79 Å². The predicted molar refractivity (Wildman–Crippen MR) is 97.3 cm³/mol. The van der Waals surface area contributed by atoms with Crippen LogP contribution in [0.4, 0.5) is 0 Å². The Bertz CT molecular complexity index is 882. The Labute approximate surface area is 152 Å².